The molecule has 4 nitrogen and oxygen atoms in total. The highest BCUT2D eigenvalue weighted by Gasteiger charge is 2.36. The Hall–Kier alpha value is -0.610. The van der Waals surface area contributed by atoms with Gasteiger partial charge in [-0.1, -0.05) is 33.1 Å². The average Bonchev–Trinajstić information content (AvgIpc) is 3.25. The highest BCUT2D eigenvalue weighted by molar-refractivity contribution is 5.84. The van der Waals surface area contributed by atoms with Crippen LogP contribution in [0.2, 0.25) is 0 Å². The number of hydrogen-bond donors (Lipinski definition) is 2. The molecule has 2 atom stereocenters. The molecule has 1 amide bonds. The van der Waals surface area contributed by atoms with Crippen LogP contribution < -0.4 is 11.1 Å². The molecular formula is C17H34N2O2. The van der Waals surface area contributed by atoms with Crippen LogP contribution in [0.3, 0.4) is 0 Å². The fourth-order valence-electron chi connectivity index (χ4n) is 2.62. The van der Waals surface area contributed by atoms with E-state index in [1.54, 1.807) is 0 Å². The molecule has 1 saturated carbocycles. The lowest BCUT2D eigenvalue weighted by atomic mass is 9.95. The maximum absolute atomic E-state index is 11.6. The van der Waals surface area contributed by atoms with Crippen molar-refractivity contribution in [3.63, 3.8) is 0 Å². The third-order valence-electron chi connectivity index (χ3n) is 4.51. The van der Waals surface area contributed by atoms with Crippen molar-refractivity contribution in [2.75, 3.05) is 13.2 Å². The number of nitrogens with one attached hydrogen (secondary N) is 1. The summed E-state index contributed by atoms with van der Waals surface area (Å²) in [7, 11) is 0. The molecule has 4 heteroatoms. The van der Waals surface area contributed by atoms with E-state index in [1.165, 1.54) is 25.7 Å². The van der Waals surface area contributed by atoms with E-state index in [0.29, 0.717) is 12.0 Å². The van der Waals surface area contributed by atoms with Crippen molar-refractivity contribution in [2.45, 2.75) is 83.7 Å². The van der Waals surface area contributed by atoms with Crippen molar-refractivity contribution in [3.05, 3.63) is 0 Å². The van der Waals surface area contributed by atoms with E-state index in [2.05, 4.69) is 19.2 Å². The summed E-state index contributed by atoms with van der Waals surface area (Å²) >= 11 is 0. The topological polar surface area (TPSA) is 64.3 Å². The molecule has 3 N–H and O–H groups in total. The second-order valence-corrected chi connectivity index (χ2v) is 6.71. The van der Waals surface area contributed by atoms with Gasteiger partial charge in [-0.2, -0.15) is 0 Å². The summed E-state index contributed by atoms with van der Waals surface area (Å²) in [6.45, 7) is 7.94. The Morgan fingerprint density at radius 1 is 1.38 bits per heavy atom. The maximum atomic E-state index is 11.6. The maximum Gasteiger partial charge on any atom is 0.237 e. The minimum Gasteiger partial charge on any atom is -0.381 e. The van der Waals surface area contributed by atoms with Crippen LogP contribution in [0, 0.1) is 5.92 Å². The summed E-state index contributed by atoms with van der Waals surface area (Å²) < 4.78 is 5.80. The zero-order valence-corrected chi connectivity index (χ0v) is 14.1. The van der Waals surface area contributed by atoms with Gasteiger partial charge >= 0.3 is 0 Å². The molecule has 0 saturated heterocycles. The standard InChI is InChI=1S/C17H34N2O2/c1-4-6-8-14(5-2)13-21-12-7-11-17(3,16(18)20)19-15-9-10-15/h14-15,19H,4-13H2,1-3H3,(H2,18,20). The van der Waals surface area contributed by atoms with Crippen molar-refractivity contribution in [1.29, 1.82) is 0 Å². The summed E-state index contributed by atoms with van der Waals surface area (Å²) in [6.07, 6.45) is 8.93. The number of carbonyl (C=O) groups excluding carboxylic acids is 1. The minimum absolute atomic E-state index is 0.246. The van der Waals surface area contributed by atoms with Gasteiger partial charge in [0.25, 0.3) is 0 Å². The van der Waals surface area contributed by atoms with E-state index in [-0.39, 0.29) is 5.91 Å². The molecular weight excluding hydrogens is 264 g/mol. The highest BCUT2D eigenvalue weighted by atomic mass is 16.5. The van der Waals surface area contributed by atoms with Crippen LogP contribution in [0.4, 0.5) is 0 Å². The van der Waals surface area contributed by atoms with Crippen LogP contribution in [0.15, 0.2) is 0 Å². The van der Waals surface area contributed by atoms with Gasteiger partial charge < -0.3 is 15.8 Å². The Labute approximate surface area is 130 Å². The third-order valence-corrected chi connectivity index (χ3v) is 4.51. The van der Waals surface area contributed by atoms with E-state index in [1.807, 2.05) is 6.92 Å². The number of rotatable bonds is 13. The first-order valence-electron chi connectivity index (χ1n) is 8.67. The second kappa shape index (κ2) is 9.42. The Morgan fingerprint density at radius 2 is 2.10 bits per heavy atom. The lowest BCUT2D eigenvalue weighted by Gasteiger charge is -2.27. The molecule has 0 aromatic carbocycles. The van der Waals surface area contributed by atoms with Crippen LogP contribution in [0.25, 0.3) is 0 Å². The zero-order chi connectivity index (χ0) is 15.7. The first-order chi connectivity index (χ1) is 10.0. The van der Waals surface area contributed by atoms with Gasteiger partial charge in [-0.3, -0.25) is 4.79 Å². The van der Waals surface area contributed by atoms with Crippen LogP contribution in [-0.2, 0) is 9.53 Å². The van der Waals surface area contributed by atoms with Crippen molar-refractivity contribution >= 4 is 5.91 Å². The molecule has 1 aliphatic carbocycles. The molecule has 21 heavy (non-hydrogen) atoms. The number of ether oxygens (including phenoxy) is 1. The average molecular weight is 298 g/mol. The monoisotopic (exact) mass is 298 g/mol. The Morgan fingerprint density at radius 3 is 2.62 bits per heavy atom. The number of unbranched alkanes of at least 4 members (excludes halogenated alkanes) is 1. The number of hydrogen-bond acceptors (Lipinski definition) is 3. The Bertz CT molecular complexity index is 305. The van der Waals surface area contributed by atoms with Crippen molar-refractivity contribution in [1.82, 2.24) is 5.32 Å². The van der Waals surface area contributed by atoms with Gasteiger partial charge in [0.15, 0.2) is 0 Å². The molecule has 1 rings (SSSR count). The quantitative estimate of drug-likeness (QED) is 0.514. The molecule has 0 radical (unpaired) electrons. The van der Waals surface area contributed by atoms with Gasteiger partial charge in [0.05, 0.1) is 5.54 Å². The summed E-state index contributed by atoms with van der Waals surface area (Å²) in [5, 5.41) is 3.38. The normalized spacial score (nSPS) is 19.2. The van der Waals surface area contributed by atoms with Gasteiger partial charge in [-0.05, 0) is 44.9 Å². The van der Waals surface area contributed by atoms with E-state index >= 15 is 0 Å². The van der Waals surface area contributed by atoms with Gasteiger partial charge in [0, 0.05) is 19.3 Å². The molecule has 0 spiro atoms. The van der Waals surface area contributed by atoms with E-state index in [0.717, 1.165) is 38.9 Å². The van der Waals surface area contributed by atoms with Crippen LogP contribution in [0.1, 0.15) is 72.1 Å². The van der Waals surface area contributed by atoms with E-state index in [4.69, 9.17) is 10.5 Å². The zero-order valence-electron chi connectivity index (χ0n) is 14.1. The first kappa shape index (κ1) is 18.4. The SMILES string of the molecule is CCCCC(CC)COCCCC(C)(NC1CC1)C(N)=O. The fraction of sp³-hybridized carbons (Fsp3) is 0.941. The lowest BCUT2D eigenvalue weighted by molar-refractivity contribution is -0.124. The largest absolute Gasteiger partial charge is 0.381 e. The first-order valence-corrected chi connectivity index (χ1v) is 8.67. The van der Waals surface area contributed by atoms with Gasteiger partial charge in [-0.15, -0.1) is 0 Å². The molecule has 1 aliphatic rings. The summed E-state index contributed by atoms with van der Waals surface area (Å²) in [5.41, 5.74) is 4.97. The fourth-order valence-corrected chi connectivity index (χ4v) is 2.62. The molecule has 0 aliphatic heterocycles. The second-order valence-electron chi connectivity index (χ2n) is 6.71. The molecule has 0 bridgehead atoms. The predicted octanol–water partition coefficient (Wildman–Crippen LogP) is 3.00. The Kier molecular flexibility index (Phi) is 8.27. The summed E-state index contributed by atoms with van der Waals surface area (Å²) in [5.74, 6) is 0.431. The number of amides is 1. The number of nitrogens with two attached hydrogens (primary N) is 1. The number of primary amides is 1. The van der Waals surface area contributed by atoms with Crippen molar-refractivity contribution in [2.24, 2.45) is 11.7 Å². The van der Waals surface area contributed by atoms with Crippen LogP contribution >= 0.6 is 0 Å². The third kappa shape index (κ3) is 7.28. The Balaban J connectivity index is 2.17. The predicted molar refractivity (Wildman–Crippen MR) is 87.1 cm³/mol. The minimum atomic E-state index is -0.573. The van der Waals surface area contributed by atoms with Crippen LogP contribution in [-0.4, -0.2) is 30.7 Å². The van der Waals surface area contributed by atoms with Crippen molar-refractivity contribution in [3.8, 4) is 0 Å². The molecule has 0 heterocycles. The summed E-state index contributed by atoms with van der Waals surface area (Å²) in [4.78, 5) is 11.6. The van der Waals surface area contributed by atoms with Crippen molar-refractivity contribution < 1.29 is 9.53 Å². The molecule has 2 unspecified atom stereocenters. The summed E-state index contributed by atoms with van der Waals surface area (Å²) in [6, 6.07) is 0.488. The van der Waals surface area contributed by atoms with E-state index < -0.39 is 5.54 Å². The highest BCUT2D eigenvalue weighted by Crippen LogP contribution is 2.24. The van der Waals surface area contributed by atoms with Gasteiger partial charge in [-0.25, -0.2) is 0 Å². The number of carbonyl (C=O) groups is 1. The molecule has 124 valence electrons. The van der Waals surface area contributed by atoms with Gasteiger partial charge in [0.1, 0.15) is 0 Å². The molecule has 1 fully saturated rings. The van der Waals surface area contributed by atoms with Crippen LogP contribution in [0.5, 0.6) is 0 Å². The lowest BCUT2D eigenvalue weighted by Crippen LogP contribution is -2.54. The van der Waals surface area contributed by atoms with E-state index in [9.17, 15) is 4.79 Å². The smallest absolute Gasteiger partial charge is 0.237 e. The molecule has 0 aromatic rings. The van der Waals surface area contributed by atoms with Gasteiger partial charge in [0.2, 0.25) is 5.91 Å². The molecule has 0 aromatic heterocycles.